The first-order valence-electron chi connectivity index (χ1n) is 6.81. The summed E-state index contributed by atoms with van der Waals surface area (Å²) in [6, 6.07) is 6.55. The maximum atomic E-state index is 12.3. The minimum Gasteiger partial charge on any atom is -0.481 e. The standard InChI is InChI=1S/C14H20N2O4S/c1-14(2,9-13(17)18)15-11-5-3-4-6-12(11)21(19,20)16-10-7-8-10/h3-6,10,15-16H,7-9H2,1-2H3,(H,17,18). The van der Waals surface area contributed by atoms with Gasteiger partial charge in [0.15, 0.2) is 0 Å². The molecular formula is C14H20N2O4S. The fourth-order valence-electron chi connectivity index (χ4n) is 2.08. The van der Waals surface area contributed by atoms with E-state index in [0.717, 1.165) is 12.8 Å². The van der Waals surface area contributed by atoms with Gasteiger partial charge in [-0.2, -0.15) is 0 Å². The van der Waals surface area contributed by atoms with Gasteiger partial charge < -0.3 is 10.4 Å². The molecule has 1 aliphatic rings. The maximum absolute atomic E-state index is 12.3. The third-order valence-corrected chi connectivity index (χ3v) is 4.72. The third-order valence-electron chi connectivity index (χ3n) is 3.14. The van der Waals surface area contributed by atoms with Gasteiger partial charge in [-0.25, -0.2) is 13.1 Å². The van der Waals surface area contributed by atoms with Crippen molar-refractivity contribution in [1.29, 1.82) is 0 Å². The molecule has 1 aliphatic carbocycles. The molecule has 0 spiro atoms. The summed E-state index contributed by atoms with van der Waals surface area (Å²) < 4.78 is 27.3. The summed E-state index contributed by atoms with van der Waals surface area (Å²) in [6.45, 7) is 3.44. The van der Waals surface area contributed by atoms with E-state index < -0.39 is 21.5 Å². The Labute approximate surface area is 124 Å². The van der Waals surface area contributed by atoms with E-state index in [2.05, 4.69) is 10.0 Å². The Hall–Kier alpha value is -1.60. The number of hydrogen-bond acceptors (Lipinski definition) is 4. The molecule has 0 amide bonds. The van der Waals surface area contributed by atoms with E-state index in [4.69, 9.17) is 5.11 Å². The number of carboxylic acids is 1. The average molecular weight is 312 g/mol. The highest BCUT2D eigenvalue weighted by molar-refractivity contribution is 7.89. The molecule has 0 unspecified atom stereocenters. The van der Waals surface area contributed by atoms with Crippen molar-refractivity contribution in [2.75, 3.05) is 5.32 Å². The summed E-state index contributed by atoms with van der Waals surface area (Å²) in [4.78, 5) is 11.0. The van der Waals surface area contributed by atoms with Gasteiger partial charge in [0.05, 0.1) is 12.1 Å². The van der Waals surface area contributed by atoms with Crippen LogP contribution in [0.3, 0.4) is 0 Å². The maximum Gasteiger partial charge on any atom is 0.305 e. The van der Waals surface area contributed by atoms with E-state index in [9.17, 15) is 13.2 Å². The van der Waals surface area contributed by atoms with Gasteiger partial charge in [-0.3, -0.25) is 4.79 Å². The van der Waals surface area contributed by atoms with Crippen LogP contribution in [0.1, 0.15) is 33.1 Å². The zero-order valence-electron chi connectivity index (χ0n) is 12.1. The van der Waals surface area contributed by atoms with Gasteiger partial charge in [0.2, 0.25) is 10.0 Å². The minimum atomic E-state index is -3.59. The normalized spacial score (nSPS) is 15.7. The van der Waals surface area contributed by atoms with E-state index in [-0.39, 0.29) is 17.4 Å². The molecular weight excluding hydrogens is 292 g/mol. The molecule has 0 radical (unpaired) electrons. The van der Waals surface area contributed by atoms with Gasteiger partial charge in [-0.05, 0) is 38.8 Å². The van der Waals surface area contributed by atoms with E-state index in [1.165, 1.54) is 6.07 Å². The van der Waals surface area contributed by atoms with Crippen LogP contribution in [0.4, 0.5) is 5.69 Å². The summed E-state index contributed by atoms with van der Waals surface area (Å²) in [5.74, 6) is -0.941. The number of benzene rings is 1. The van der Waals surface area contributed by atoms with Crippen LogP contribution < -0.4 is 10.0 Å². The number of rotatable bonds is 7. The zero-order valence-corrected chi connectivity index (χ0v) is 12.9. The zero-order chi connectivity index (χ0) is 15.7. The van der Waals surface area contributed by atoms with E-state index in [1.807, 2.05) is 0 Å². The predicted octanol–water partition coefficient (Wildman–Crippen LogP) is 1.79. The van der Waals surface area contributed by atoms with E-state index in [0.29, 0.717) is 5.69 Å². The monoisotopic (exact) mass is 312 g/mol. The highest BCUT2D eigenvalue weighted by atomic mass is 32.2. The second-order valence-electron chi connectivity index (χ2n) is 5.97. The second kappa shape index (κ2) is 5.65. The van der Waals surface area contributed by atoms with Gasteiger partial charge in [0.1, 0.15) is 4.90 Å². The predicted molar refractivity (Wildman–Crippen MR) is 79.7 cm³/mol. The first-order chi connectivity index (χ1) is 9.70. The summed E-state index contributed by atoms with van der Waals surface area (Å²) in [7, 11) is -3.59. The van der Waals surface area contributed by atoms with E-state index >= 15 is 0 Å². The molecule has 0 saturated heterocycles. The lowest BCUT2D eigenvalue weighted by Gasteiger charge is -2.27. The Balaban J connectivity index is 2.26. The SMILES string of the molecule is CC(C)(CC(=O)O)Nc1ccccc1S(=O)(=O)NC1CC1. The molecule has 1 aromatic rings. The number of hydrogen-bond donors (Lipinski definition) is 3. The lowest BCUT2D eigenvalue weighted by molar-refractivity contribution is -0.137. The molecule has 2 rings (SSSR count). The molecule has 21 heavy (non-hydrogen) atoms. The number of carboxylic acid groups (broad SMARTS) is 1. The summed E-state index contributed by atoms with van der Waals surface area (Å²) in [5.41, 5.74) is -0.339. The van der Waals surface area contributed by atoms with Crippen molar-refractivity contribution in [1.82, 2.24) is 4.72 Å². The van der Waals surface area contributed by atoms with Crippen molar-refractivity contribution in [2.24, 2.45) is 0 Å². The van der Waals surface area contributed by atoms with Crippen LogP contribution in [0.15, 0.2) is 29.2 Å². The van der Waals surface area contributed by atoms with Gasteiger partial charge in [0, 0.05) is 11.6 Å². The molecule has 1 saturated carbocycles. The van der Waals surface area contributed by atoms with Crippen molar-refractivity contribution >= 4 is 21.7 Å². The van der Waals surface area contributed by atoms with Crippen molar-refractivity contribution < 1.29 is 18.3 Å². The largest absolute Gasteiger partial charge is 0.481 e. The van der Waals surface area contributed by atoms with Crippen molar-refractivity contribution in [3.63, 3.8) is 0 Å². The summed E-state index contributed by atoms with van der Waals surface area (Å²) in [5, 5.41) is 11.9. The quantitative estimate of drug-likeness (QED) is 0.713. The number of carbonyl (C=O) groups is 1. The van der Waals surface area contributed by atoms with Crippen LogP contribution in [0, 0.1) is 0 Å². The van der Waals surface area contributed by atoms with Crippen LogP contribution in [0.2, 0.25) is 0 Å². The topological polar surface area (TPSA) is 95.5 Å². The Morgan fingerprint density at radius 1 is 1.33 bits per heavy atom. The Morgan fingerprint density at radius 3 is 2.52 bits per heavy atom. The fraction of sp³-hybridized carbons (Fsp3) is 0.500. The molecule has 0 aromatic heterocycles. The number of nitrogens with one attached hydrogen (secondary N) is 2. The van der Waals surface area contributed by atoms with Crippen LogP contribution in [-0.2, 0) is 14.8 Å². The highest BCUT2D eigenvalue weighted by Gasteiger charge is 2.30. The van der Waals surface area contributed by atoms with Crippen molar-refractivity contribution in [3.05, 3.63) is 24.3 Å². The molecule has 7 heteroatoms. The Kier molecular flexibility index (Phi) is 4.25. The molecule has 0 bridgehead atoms. The smallest absolute Gasteiger partial charge is 0.305 e. The molecule has 1 fully saturated rings. The van der Waals surface area contributed by atoms with Crippen LogP contribution in [-0.4, -0.2) is 31.1 Å². The molecule has 6 nitrogen and oxygen atoms in total. The Bertz CT molecular complexity index is 636. The van der Waals surface area contributed by atoms with Gasteiger partial charge in [-0.1, -0.05) is 12.1 Å². The molecule has 0 aliphatic heterocycles. The van der Waals surface area contributed by atoms with Crippen LogP contribution in [0.25, 0.3) is 0 Å². The molecule has 3 N–H and O–H groups in total. The number of para-hydroxylation sites is 1. The first kappa shape index (κ1) is 15.8. The first-order valence-corrected chi connectivity index (χ1v) is 8.29. The molecule has 0 atom stereocenters. The fourth-order valence-corrected chi connectivity index (χ4v) is 3.54. The number of anilines is 1. The molecule has 0 heterocycles. The number of sulfonamides is 1. The van der Waals surface area contributed by atoms with Gasteiger partial charge in [-0.15, -0.1) is 0 Å². The average Bonchev–Trinajstić information content (AvgIpc) is 3.10. The van der Waals surface area contributed by atoms with Gasteiger partial charge in [0.25, 0.3) is 0 Å². The molecule has 116 valence electrons. The van der Waals surface area contributed by atoms with Crippen molar-refractivity contribution in [2.45, 2.75) is 49.6 Å². The summed E-state index contributed by atoms with van der Waals surface area (Å²) >= 11 is 0. The lowest BCUT2D eigenvalue weighted by Crippen LogP contribution is -2.35. The van der Waals surface area contributed by atoms with Crippen molar-refractivity contribution in [3.8, 4) is 0 Å². The van der Waals surface area contributed by atoms with Gasteiger partial charge >= 0.3 is 5.97 Å². The third kappa shape index (κ3) is 4.44. The number of aliphatic carboxylic acids is 1. The van der Waals surface area contributed by atoms with E-state index in [1.54, 1.807) is 32.0 Å². The minimum absolute atomic E-state index is 0.0232. The lowest BCUT2D eigenvalue weighted by atomic mass is 10.0. The Morgan fingerprint density at radius 2 is 1.95 bits per heavy atom. The van der Waals surface area contributed by atoms with Crippen LogP contribution in [0.5, 0.6) is 0 Å². The summed E-state index contributed by atoms with van der Waals surface area (Å²) in [6.07, 6.45) is 1.61. The molecule has 1 aromatic carbocycles. The second-order valence-corrected chi connectivity index (χ2v) is 7.65. The van der Waals surface area contributed by atoms with Crippen LogP contribution >= 0.6 is 0 Å². The highest BCUT2D eigenvalue weighted by Crippen LogP contribution is 2.28.